The van der Waals surface area contributed by atoms with Gasteiger partial charge in [-0.3, -0.25) is 0 Å². The van der Waals surface area contributed by atoms with Crippen molar-refractivity contribution in [2.24, 2.45) is 5.92 Å². The molecule has 0 bridgehead atoms. The van der Waals surface area contributed by atoms with Crippen LogP contribution in [-0.2, 0) is 0 Å². The van der Waals surface area contributed by atoms with Gasteiger partial charge in [-0.15, -0.1) is 0 Å². The van der Waals surface area contributed by atoms with Crippen LogP contribution in [0.15, 0.2) is 12.2 Å². The Morgan fingerprint density at radius 3 is 2.33 bits per heavy atom. The van der Waals surface area contributed by atoms with Crippen molar-refractivity contribution in [3.05, 3.63) is 12.2 Å². The average Bonchev–Trinajstić information content (AvgIpc) is 2.25. The van der Waals surface area contributed by atoms with Gasteiger partial charge in [-0.2, -0.15) is 0 Å². The lowest BCUT2D eigenvalue weighted by molar-refractivity contribution is 0.129. The van der Waals surface area contributed by atoms with Gasteiger partial charge in [0.05, 0.1) is 0 Å². The summed E-state index contributed by atoms with van der Waals surface area (Å²) in [6.07, 6.45) is 5.31. The van der Waals surface area contributed by atoms with E-state index in [-0.39, 0.29) is 0 Å². The van der Waals surface area contributed by atoms with E-state index in [2.05, 4.69) is 23.4 Å². The van der Waals surface area contributed by atoms with Crippen molar-refractivity contribution < 1.29 is 0 Å². The highest BCUT2D eigenvalue weighted by atomic mass is 15.2. The molecule has 0 amide bonds. The summed E-state index contributed by atoms with van der Waals surface area (Å²) < 4.78 is 0. The molecular formula is C13H24N2. The molecule has 0 radical (unpaired) electrons. The van der Waals surface area contributed by atoms with Crippen LogP contribution in [0.2, 0.25) is 0 Å². The van der Waals surface area contributed by atoms with Gasteiger partial charge in [-0.1, -0.05) is 12.2 Å². The van der Waals surface area contributed by atoms with E-state index < -0.39 is 0 Å². The van der Waals surface area contributed by atoms with Crippen LogP contribution in [0.5, 0.6) is 0 Å². The van der Waals surface area contributed by atoms with Crippen LogP contribution in [0, 0.1) is 5.92 Å². The molecule has 1 aliphatic carbocycles. The van der Waals surface area contributed by atoms with Gasteiger partial charge in [0.2, 0.25) is 0 Å². The van der Waals surface area contributed by atoms with E-state index in [1.807, 2.05) is 0 Å². The topological polar surface area (TPSA) is 6.48 Å². The minimum absolute atomic E-state index is 0.943. The maximum Gasteiger partial charge on any atom is 0.0110 e. The first-order chi connectivity index (χ1) is 7.24. The average molecular weight is 208 g/mol. The van der Waals surface area contributed by atoms with Gasteiger partial charge in [0.15, 0.2) is 0 Å². The first-order valence-electron chi connectivity index (χ1n) is 6.31. The molecule has 2 heteroatoms. The van der Waals surface area contributed by atoms with Crippen molar-refractivity contribution in [3.63, 3.8) is 0 Å². The number of piperazine rings is 1. The second-order valence-electron chi connectivity index (χ2n) is 5.30. The molecule has 1 aliphatic heterocycles. The van der Waals surface area contributed by atoms with Crippen molar-refractivity contribution in [1.82, 2.24) is 9.80 Å². The van der Waals surface area contributed by atoms with E-state index in [1.54, 1.807) is 0 Å². The molecule has 0 unspecified atom stereocenters. The van der Waals surface area contributed by atoms with E-state index in [9.17, 15) is 0 Å². The van der Waals surface area contributed by atoms with Crippen LogP contribution < -0.4 is 0 Å². The zero-order valence-electron chi connectivity index (χ0n) is 10.0. The maximum absolute atomic E-state index is 4.09. The molecule has 2 rings (SSSR count). The molecule has 2 aliphatic rings. The molecule has 0 aromatic heterocycles. The molecule has 0 N–H and O–H groups in total. The summed E-state index contributed by atoms with van der Waals surface area (Å²) in [5, 5.41) is 0. The van der Waals surface area contributed by atoms with Crippen molar-refractivity contribution in [2.45, 2.75) is 25.7 Å². The van der Waals surface area contributed by atoms with E-state index in [1.165, 1.54) is 64.0 Å². The molecule has 1 heterocycles. The fourth-order valence-corrected chi connectivity index (χ4v) is 2.66. The molecule has 0 atom stereocenters. The summed E-state index contributed by atoms with van der Waals surface area (Å²) in [5.74, 6) is 0.943. The van der Waals surface area contributed by atoms with Crippen LogP contribution in [0.4, 0.5) is 0 Å². The normalized spacial score (nSPS) is 27.1. The Hall–Kier alpha value is -0.340. The van der Waals surface area contributed by atoms with Crippen LogP contribution in [0.1, 0.15) is 25.7 Å². The Kier molecular flexibility index (Phi) is 3.81. The summed E-state index contributed by atoms with van der Waals surface area (Å²) in [6.45, 7) is 10.5. The number of allylic oxidation sites excluding steroid dienone is 1. The molecule has 15 heavy (non-hydrogen) atoms. The van der Waals surface area contributed by atoms with Gasteiger partial charge in [-0.25, -0.2) is 0 Å². The van der Waals surface area contributed by atoms with Crippen LogP contribution >= 0.6 is 0 Å². The smallest absolute Gasteiger partial charge is 0.0110 e. The molecule has 2 fully saturated rings. The molecule has 86 valence electrons. The standard InChI is InChI=1S/C13H24N2/c1-12-3-5-13(6-4-12)11-15-9-7-14(2)8-10-15/h13H,1,3-11H2,2H3. The van der Waals surface area contributed by atoms with E-state index in [0.29, 0.717) is 0 Å². The zero-order valence-corrected chi connectivity index (χ0v) is 10.0. The Morgan fingerprint density at radius 1 is 1.13 bits per heavy atom. The monoisotopic (exact) mass is 208 g/mol. The van der Waals surface area contributed by atoms with Crippen molar-refractivity contribution in [2.75, 3.05) is 39.8 Å². The predicted octanol–water partition coefficient (Wildman–Crippen LogP) is 1.98. The third-order valence-corrected chi connectivity index (χ3v) is 3.92. The van der Waals surface area contributed by atoms with Crippen molar-refractivity contribution in [1.29, 1.82) is 0 Å². The lowest BCUT2D eigenvalue weighted by Gasteiger charge is -2.35. The zero-order chi connectivity index (χ0) is 10.7. The number of rotatable bonds is 2. The first-order valence-corrected chi connectivity index (χ1v) is 6.31. The van der Waals surface area contributed by atoms with Gasteiger partial charge < -0.3 is 9.80 Å². The second-order valence-corrected chi connectivity index (χ2v) is 5.30. The highest BCUT2D eigenvalue weighted by molar-refractivity contribution is 4.98. The Balaban J connectivity index is 1.70. The summed E-state index contributed by atoms with van der Waals surface area (Å²) in [6, 6.07) is 0. The van der Waals surface area contributed by atoms with Crippen LogP contribution in [-0.4, -0.2) is 49.6 Å². The lowest BCUT2D eigenvalue weighted by Crippen LogP contribution is -2.46. The van der Waals surface area contributed by atoms with Crippen molar-refractivity contribution >= 4 is 0 Å². The summed E-state index contributed by atoms with van der Waals surface area (Å²) >= 11 is 0. The predicted molar refractivity (Wildman–Crippen MR) is 65.0 cm³/mol. The Bertz CT molecular complexity index is 207. The molecule has 0 spiro atoms. The van der Waals surface area contributed by atoms with Gasteiger partial charge in [0.1, 0.15) is 0 Å². The third kappa shape index (κ3) is 3.32. The van der Waals surface area contributed by atoms with Gasteiger partial charge in [-0.05, 0) is 38.6 Å². The van der Waals surface area contributed by atoms with Crippen molar-refractivity contribution in [3.8, 4) is 0 Å². The molecule has 1 saturated carbocycles. The number of nitrogens with zero attached hydrogens (tertiary/aromatic N) is 2. The van der Waals surface area contributed by atoms with Crippen LogP contribution in [0.25, 0.3) is 0 Å². The minimum Gasteiger partial charge on any atom is -0.304 e. The maximum atomic E-state index is 4.09. The summed E-state index contributed by atoms with van der Waals surface area (Å²) in [4.78, 5) is 5.08. The summed E-state index contributed by atoms with van der Waals surface area (Å²) in [7, 11) is 2.22. The molecule has 0 aromatic rings. The lowest BCUT2D eigenvalue weighted by atomic mass is 9.86. The first kappa shape index (κ1) is 11.2. The van der Waals surface area contributed by atoms with Gasteiger partial charge in [0.25, 0.3) is 0 Å². The Morgan fingerprint density at radius 2 is 1.73 bits per heavy atom. The molecule has 1 saturated heterocycles. The third-order valence-electron chi connectivity index (χ3n) is 3.92. The van der Waals surface area contributed by atoms with E-state index >= 15 is 0 Å². The van der Waals surface area contributed by atoms with E-state index in [0.717, 1.165) is 5.92 Å². The number of hydrogen-bond acceptors (Lipinski definition) is 2. The van der Waals surface area contributed by atoms with Crippen LogP contribution in [0.3, 0.4) is 0 Å². The Labute approximate surface area is 93.9 Å². The van der Waals surface area contributed by atoms with Gasteiger partial charge >= 0.3 is 0 Å². The molecular weight excluding hydrogens is 184 g/mol. The number of hydrogen-bond donors (Lipinski definition) is 0. The molecule has 2 nitrogen and oxygen atoms in total. The fraction of sp³-hybridized carbons (Fsp3) is 0.846. The highest BCUT2D eigenvalue weighted by Crippen LogP contribution is 2.27. The molecule has 0 aromatic carbocycles. The van der Waals surface area contributed by atoms with Gasteiger partial charge in [0, 0.05) is 32.7 Å². The second kappa shape index (κ2) is 5.13. The summed E-state index contributed by atoms with van der Waals surface area (Å²) in [5.41, 5.74) is 1.48. The largest absolute Gasteiger partial charge is 0.304 e. The number of likely N-dealkylation sites (N-methyl/N-ethyl adjacent to an activating group) is 1. The fourth-order valence-electron chi connectivity index (χ4n) is 2.66. The quantitative estimate of drug-likeness (QED) is 0.640. The van der Waals surface area contributed by atoms with E-state index in [4.69, 9.17) is 0 Å². The minimum atomic E-state index is 0.943. The SMILES string of the molecule is C=C1CCC(CN2CCN(C)CC2)CC1. The highest BCUT2D eigenvalue weighted by Gasteiger charge is 2.20.